The first kappa shape index (κ1) is 22.0. The topological polar surface area (TPSA) is 72.1 Å². The molecule has 2 aromatic rings. The largest absolute Gasteiger partial charge is 0.497 e. The second-order valence-corrected chi connectivity index (χ2v) is 5.80. The molecule has 0 bridgehead atoms. The van der Waals surface area contributed by atoms with Crippen molar-refractivity contribution in [2.45, 2.75) is 6.04 Å². The van der Waals surface area contributed by atoms with E-state index in [0.717, 1.165) is 22.7 Å². The average molecular weight is 470 g/mol. The van der Waals surface area contributed by atoms with E-state index in [1.54, 1.807) is 14.2 Å². The third kappa shape index (κ3) is 6.06. The highest BCUT2D eigenvalue weighted by Gasteiger charge is 2.17. The van der Waals surface area contributed by atoms with Crippen LogP contribution in [0.1, 0.15) is 11.6 Å². The summed E-state index contributed by atoms with van der Waals surface area (Å²) in [6, 6.07) is 15.5. The Balaban J connectivity index is 0.00000338. The number of ether oxygens (including phenoxy) is 2. The number of methoxy groups -OCH3 is 2. The molecule has 0 saturated carbocycles. The molecule has 0 aliphatic rings. The van der Waals surface area contributed by atoms with Crippen LogP contribution < -0.4 is 20.5 Å². The Morgan fingerprint density at radius 1 is 1.08 bits per heavy atom. The summed E-state index contributed by atoms with van der Waals surface area (Å²) in [4.78, 5) is 6.59. The number of likely N-dealkylation sites (N-methyl/N-ethyl adjacent to an activating group) is 1. The lowest BCUT2D eigenvalue weighted by Crippen LogP contribution is -2.27. The lowest BCUT2D eigenvalue weighted by atomic mass is 10.0. The molecular weight excluding hydrogens is 443 g/mol. The average Bonchev–Trinajstić information content (AvgIpc) is 2.62. The van der Waals surface area contributed by atoms with Gasteiger partial charge >= 0.3 is 0 Å². The van der Waals surface area contributed by atoms with Crippen molar-refractivity contribution in [3.63, 3.8) is 0 Å². The Labute approximate surface area is 172 Å². The molecule has 1 atom stereocenters. The molecular formula is C19H27IN4O2. The van der Waals surface area contributed by atoms with Gasteiger partial charge in [0.25, 0.3) is 0 Å². The quantitative estimate of drug-likeness (QED) is 0.369. The molecule has 0 radical (unpaired) electrons. The van der Waals surface area contributed by atoms with Gasteiger partial charge in [-0.05, 0) is 44.4 Å². The zero-order chi connectivity index (χ0) is 18.2. The van der Waals surface area contributed by atoms with E-state index in [0.29, 0.717) is 12.5 Å². The Morgan fingerprint density at radius 2 is 1.73 bits per heavy atom. The number of hydrogen-bond acceptors (Lipinski definition) is 4. The minimum absolute atomic E-state index is 0. The summed E-state index contributed by atoms with van der Waals surface area (Å²) in [7, 11) is 7.34. The molecule has 0 fully saturated rings. The van der Waals surface area contributed by atoms with Gasteiger partial charge in [0, 0.05) is 11.3 Å². The fourth-order valence-corrected chi connectivity index (χ4v) is 2.53. The van der Waals surface area contributed by atoms with Crippen molar-refractivity contribution in [2.75, 3.05) is 40.2 Å². The van der Waals surface area contributed by atoms with Gasteiger partial charge in [-0.3, -0.25) is 4.99 Å². The van der Waals surface area contributed by atoms with Gasteiger partial charge in [-0.15, -0.1) is 24.0 Å². The standard InChI is InChI=1S/C19H26N4O2.HI/c1-23(2)17(16-7-5-6-8-18(16)25-4)13-21-19(20)22-14-9-11-15(24-3)12-10-14;/h5-12,17H,13H2,1-4H3,(H3,20,21,22);1H. The van der Waals surface area contributed by atoms with Gasteiger partial charge in [0.15, 0.2) is 5.96 Å². The molecule has 2 aromatic carbocycles. The van der Waals surface area contributed by atoms with Crippen LogP contribution in [0.15, 0.2) is 53.5 Å². The molecule has 0 amide bonds. The van der Waals surface area contributed by atoms with Crippen molar-refractivity contribution in [3.8, 4) is 11.5 Å². The minimum Gasteiger partial charge on any atom is -0.497 e. The number of para-hydroxylation sites is 1. The molecule has 6 nitrogen and oxygen atoms in total. The van der Waals surface area contributed by atoms with Crippen LogP contribution in [0.4, 0.5) is 5.69 Å². The maximum Gasteiger partial charge on any atom is 0.193 e. The predicted molar refractivity (Wildman–Crippen MR) is 118 cm³/mol. The zero-order valence-electron chi connectivity index (χ0n) is 15.6. The van der Waals surface area contributed by atoms with E-state index >= 15 is 0 Å². The molecule has 2 rings (SSSR count). The molecule has 26 heavy (non-hydrogen) atoms. The van der Waals surface area contributed by atoms with Crippen LogP contribution in [0.2, 0.25) is 0 Å². The number of halogens is 1. The van der Waals surface area contributed by atoms with Crippen molar-refractivity contribution in [1.82, 2.24) is 4.90 Å². The van der Waals surface area contributed by atoms with E-state index in [2.05, 4.69) is 15.2 Å². The van der Waals surface area contributed by atoms with Gasteiger partial charge in [-0.1, -0.05) is 18.2 Å². The Morgan fingerprint density at radius 3 is 2.31 bits per heavy atom. The third-order valence-corrected chi connectivity index (χ3v) is 3.92. The Kier molecular flexibility index (Phi) is 9.22. The van der Waals surface area contributed by atoms with Crippen LogP contribution in [-0.2, 0) is 0 Å². The number of benzene rings is 2. The van der Waals surface area contributed by atoms with E-state index in [9.17, 15) is 0 Å². The van der Waals surface area contributed by atoms with Crippen LogP contribution in [0.3, 0.4) is 0 Å². The molecule has 0 aliphatic heterocycles. The van der Waals surface area contributed by atoms with E-state index in [1.165, 1.54) is 0 Å². The summed E-state index contributed by atoms with van der Waals surface area (Å²) in [5.41, 5.74) is 7.97. The lowest BCUT2D eigenvalue weighted by molar-refractivity contribution is 0.295. The Hall–Kier alpha value is -2.00. The molecule has 0 spiro atoms. The van der Waals surface area contributed by atoms with Gasteiger partial charge in [0.1, 0.15) is 11.5 Å². The molecule has 3 N–H and O–H groups in total. The van der Waals surface area contributed by atoms with Crippen LogP contribution in [0, 0.1) is 0 Å². The van der Waals surface area contributed by atoms with Crippen LogP contribution in [0.25, 0.3) is 0 Å². The number of nitrogens with one attached hydrogen (secondary N) is 1. The lowest BCUT2D eigenvalue weighted by Gasteiger charge is -2.25. The van der Waals surface area contributed by atoms with E-state index in [-0.39, 0.29) is 30.0 Å². The van der Waals surface area contributed by atoms with Gasteiger partial charge in [0.2, 0.25) is 0 Å². The fourth-order valence-electron chi connectivity index (χ4n) is 2.53. The van der Waals surface area contributed by atoms with E-state index < -0.39 is 0 Å². The normalized spacial score (nSPS) is 12.3. The van der Waals surface area contributed by atoms with Crippen molar-refractivity contribution in [1.29, 1.82) is 0 Å². The van der Waals surface area contributed by atoms with Crippen LogP contribution >= 0.6 is 24.0 Å². The molecule has 0 saturated heterocycles. The third-order valence-electron chi connectivity index (χ3n) is 3.92. The summed E-state index contributed by atoms with van der Waals surface area (Å²) in [5, 5.41) is 3.09. The number of rotatable bonds is 7. The number of nitrogens with zero attached hydrogens (tertiary/aromatic N) is 2. The van der Waals surface area contributed by atoms with Gasteiger partial charge < -0.3 is 25.4 Å². The fraction of sp³-hybridized carbons (Fsp3) is 0.316. The first-order valence-electron chi connectivity index (χ1n) is 8.05. The number of anilines is 1. The van der Waals surface area contributed by atoms with Crippen molar-refractivity contribution >= 4 is 35.6 Å². The molecule has 0 heterocycles. The Bertz CT molecular complexity index is 705. The van der Waals surface area contributed by atoms with Crippen molar-refractivity contribution in [2.24, 2.45) is 10.7 Å². The second kappa shape index (κ2) is 10.9. The molecule has 142 valence electrons. The van der Waals surface area contributed by atoms with Gasteiger partial charge in [-0.2, -0.15) is 0 Å². The first-order chi connectivity index (χ1) is 12.0. The number of hydrogen-bond donors (Lipinski definition) is 2. The van der Waals surface area contributed by atoms with Gasteiger partial charge in [0.05, 0.1) is 26.8 Å². The summed E-state index contributed by atoms with van der Waals surface area (Å²) in [5.74, 6) is 2.01. The SMILES string of the molecule is COc1ccc(NC(N)=NCC(c2ccccc2OC)N(C)C)cc1.I. The first-order valence-corrected chi connectivity index (χ1v) is 8.05. The maximum atomic E-state index is 6.03. The highest BCUT2D eigenvalue weighted by Crippen LogP contribution is 2.28. The zero-order valence-corrected chi connectivity index (χ0v) is 17.9. The van der Waals surface area contributed by atoms with Crippen LogP contribution in [-0.4, -0.2) is 45.7 Å². The summed E-state index contributed by atoms with van der Waals surface area (Å²) >= 11 is 0. The monoisotopic (exact) mass is 470 g/mol. The number of nitrogens with two attached hydrogens (primary N) is 1. The van der Waals surface area contributed by atoms with Crippen molar-refractivity contribution in [3.05, 3.63) is 54.1 Å². The van der Waals surface area contributed by atoms with E-state index in [4.69, 9.17) is 15.2 Å². The maximum absolute atomic E-state index is 6.03. The van der Waals surface area contributed by atoms with Gasteiger partial charge in [-0.25, -0.2) is 0 Å². The van der Waals surface area contributed by atoms with E-state index in [1.807, 2.05) is 62.6 Å². The number of guanidine groups is 1. The highest BCUT2D eigenvalue weighted by atomic mass is 127. The molecule has 0 aromatic heterocycles. The second-order valence-electron chi connectivity index (χ2n) is 5.80. The number of aliphatic imine (C=N–C) groups is 1. The predicted octanol–water partition coefficient (Wildman–Crippen LogP) is 3.35. The summed E-state index contributed by atoms with van der Waals surface area (Å²) in [6.45, 7) is 0.516. The minimum atomic E-state index is 0. The molecule has 0 aliphatic carbocycles. The van der Waals surface area contributed by atoms with Crippen molar-refractivity contribution < 1.29 is 9.47 Å². The highest BCUT2D eigenvalue weighted by molar-refractivity contribution is 14.0. The summed E-state index contributed by atoms with van der Waals surface area (Å²) in [6.07, 6.45) is 0. The molecule has 1 unspecified atom stereocenters. The molecule has 7 heteroatoms. The van der Waals surface area contributed by atoms with Crippen LogP contribution in [0.5, 0.6) is 11.5 Å². The smallest absolute Gasteiger partial charge is 0.193 e. The summed E-state index contributed by atoms with van der Waals surface area (Å²) < 4.78 is 10.6.